The summed E-state index contributed by atoms with van der Waals surface area (Å²) >= 11 is 0. The molecule has 0 saturated carbocycles. The van der Waals surface area contributed by atoms with Gasteiger partial charge < -0.3 is 19.8 Å². The van der Waals surface area contributed by atoms with Crippen molar-refractivity contribution in [2.24, 2.45) is 5.73 Å². The van der Waals surface area contributed by atoms with Crippen LogP contribution in [0.5, 0.6) is 5.75 Å². The molecule has 6 heteroatoms. The average Bonchev–Trinajstić information content (AvgIpc) is 3.09. The van der Waals surface area contributed by atoms with Gasteiger partial charge in [0.2, 0.25) is 0 Å². The number of nitrogens with two attached hydrogens (primary N) is 1. The first kappa shape index (κ1) is 21.4. The number of primary amides is 1. The van der Waals surface area contributed by atoms with Crippen LogP contribution in [0, 0.1) is 0 Å². The molecule has 0 saturated heterocycles. The highest BCUT2D eigenvalue weighted by molar-refractivity contribution is 6.06. The molecule has 0 aliphatic heterocycles. The molecule has 1 aromatic heterocycles. The lowest BCUT2D eigenvalue weighted by Gasteiger charge is -2.19. The highest BCUT2D eigenvalue weighted by atomic mass is 16.6. The molecule has 3 aromatic carbocycles. The van der Waals surface area contributed by atoms with Crippen molar-refractivity contribution in [3.05, 3.63) is 78.0 Å². The van der Waals surface area contributed by atoms with E-state index in [9.17, 15) is 9.59 Å². The van der Waals surface area contributed by atoms with Gasteiger partial charge in [0.1, 0.15) is 11.4 Å². The van der Waals surface area contributed by atoms with E-state index in [1.165, 1.54) is 5.39 Å². The van der Waals surface area contributed by atoms with Gasteiger partial charge in [-0.25, -0.2) is 4.79 Å². The number of carbonyl (C=O) groups is 2. The van der Waals surface area contributed by atoms with Crippen LogP contribution in [0.15, 0.2) is 66.9 Å². The van der Waals surface area contributed by atoms with E-state index < -0.39 is 17.5 Å². The third-order valence-corrected chi connectivity index (χ3v) is 5.06. The standard InChI is InChI=1S/C26H26N2O4/c1-26(2,3)32-24(29)16-31-20-10-11-21-22(25(27)30)15-28(23(21)13-20)14-17-8-9-18-6-4-5-7-19(18)12-17/h4-13,15H,14,16H2,1-3H3,(H2,27,30). The van der Waals surface area contributed by atoms with E-state index in [0.29, 0.717) is 17.9 Å². The van der Waals surface area contributed by atoms with E-state index >= 15 is 0 Å². The lowest BCUT2D eigenvalue weighted by molar-refractivity contribution is -0.157. The van der Waals surface area contributed by atoms with E-state index in [-0.39, 0.29) is 6.61 Å². The monoisotopic (exact) mass is 430 g/mol. The molecule has 0 atom stereocenters. The molecule has 1 amide bonds. The Bertz CT molecular complexity index is 1310. The van der Waals surface area contributed by atoms with Gasteiger partial charge in [-0.3, -0.25) is 4.79 Å². The fraction of sp³-hybridized carbons (Fsp3) is 0.231. The van der Waals surface area contributed by atoms with Gasteiger partial charge in [-0.2, -0.15) is 0 Å². The molecule has 6 nitrogen and oxygen atoms in total. The minimum atomic E-state index is -0.574. The highest BCUT2D eigenvalue weighted by Gasteiger charge is 2.18. The molecule has 0 bridgehead atoms. The van der Waals surface area contributed by atoms with Crippen LogP contribution in [0.25, 0.3) is 21.7 Å². The number of hydrogen-bond donors (Lipinski definition) is 1. The van der Waals surface area contributed by atoms with Crippen LogP contribution in [0.1, 0.15) is 36.7 Å². The molecule has 2 N–H and O–H groups in total. The molecule has 4 rings (SSSR count). The van der Waals surface area contributed by atoms with Gasteiger partial charge in [0.25, 0.3) is 5.91 Å². The zero-order valence-corrected chi connectivity index (χ0v) is 18.4. The molecule has 1 heterocycles. The Morgan fingerprint density at radius 1 is 0.969 bits per heavy atom. The summed E-state index contributed by atoms with van der Waals surface area (Å²) in [5.74, 6) is -0.422. The van der Waals surface area contributed by atoms with E-state index in [2.05, 4.69) is 30.3 Å². The zero-order valence-electron chi connectivity index (χ0n) is 18.4. The third-order valence-electron chi connectivity index (χ3n) is 5.06. The maximum absolute atomic E-state index is 12.0. The fourth-order valence-corrected chi connectivity index (χ4v) is 3.74. The van der Waals surface area contributed by atoms with Gasteiger partial charge in [-0.1, -0.05) is 36.4 Å². The maximum Gasteiger partial charge on any atom is 0.344 e. The first-order valence-electron chi connectivity index (χ1n) is 10.4. The smallest absolute Gasteiger partial charge is 0.344 e. The first-order chi connectivity index (χ1) is 15.2. The Balaban J connectivity index is 1.64. The van der Waals surface area contributed by atoms with Gasteiger partial charge >= 0.3 is 5.97 Å². The van der Waals surface area contributed by atoms with Crippen molar-refractivity contribution in [3.8, 4) is 5.75 Å². The summed E-state index contributed by atoms with van der Waals surface area (Å²) in [6.07, 6.45) is 1.76. The molecule has 0 fully saturated rings. The lowest BCUT2D eigenvalue weighted by Crippen LogP contribution is -2.27. The molecule has 32 heavy (non-hydrogen) atoms. The van der Waals surface area contributed by atoms with Crippen LogP contribution < -0.4 is 10.5 Å². The number of nitrogens with zero attached hydrogens (tertiary/aromatic N) is 1. The molecule has 0 spiro atoms. The van der Waals surface area contributed by atoms with Gasteiger partial charge in [-0.15, -0.1) is 0 Å². The second kappa shape index (κ2) is 8.38. The van der Waals surface area contributed by atoms with Crippen molar-refractivity contribution in [1.82, 2.24) is 4.57 Å². The van der Waals surface area contributed by atoms with Crippen LogP contribution in [-0.4, -0.2) is 28.7 Å². The Morgan fingerprint density at radius 3 is 2.44 bits per heavy atom. The first-order valence-corrected chi connectivity index (χ1v) is 10.4. The molecule has 164 valence electrons. The maximum atomic E-state index is 12.0. The molecule has 0 unspecified atom stereocenters. The lowest BCUT2D eigenvalue weighted by atomic mass is 10.1. The summed E-state index contributed by atoms with van der Waals surface area (Å²) in [7, 11) is 0. The predicted molar refractivity (Wildman–Crippen MR) is 125 cm³/mol. The average molecular weight is 431 g/mol. The number of benzene rings is 3. The molecular formula is C26H26N2O4. The number of carbonyl (C=O) groups excluding carboxylic acids is 2. The normalized spacial score (nSPS) is 11.6. The van der Waals surface area contributed by atoms with Gasteiger partial charge in [0.05, 0.1) is 11.1 Å². The molecule has 0 aliphatic rings. The summed E-state index contributed by atoms with van der Waals surface area (Å²) in [4.78, 5) is 24.0. The minimum absolute atomic E-state index is 0.198. The molecule has 0 aliphatic carbocycles. The number of fused-ring (bicyclic) bond motifs is 2. The molecule has 4 aromatic rings. The predicted octanol–water partition coefficient (Wildman–Crippen LogP) is 4.66. The highest BCUT2D eigenvalue weighted by Crippen LogP contribution is 2.27. The van der Waals surface area contributed by atoms with Crippen molar-refractivity contribution in [2.75, 3.05) is 6.61 Å². The van der Waals surface area contributed by atoms with Gasteiger partial charge in [0.15, 0.2) is 6.61 Å². The van der Waals surface area contributed by atoms with Crippen LogP contribution >= 0.6 is 0 Å². The Morgan fingerprint density at radius 2 is 1.72 bits per heavy atom. The van der Waals surface area contributed by atoms with E-state index in [1.54, 1.807) is 18.3 Å². The summed E-state index contributed by atoms with van der Waals surface area (Å²) in [5.41, 5.74) is 7.38. The number of aromatic nitrogens is 1. The Kier molecular flexibility index (Phi) is 5.61. The zero-order chi connectivity index (χ0) is 22.9. The number of esters is 1. The number of hydrogen-bond acceptors (Lipinski definition) is 4. The minimum Gasteiger partial charge on any atom is -0.482 e. The van der Waals surface area contributed by atoms with Crippen molar-refractivity contribution in [1.29, 1.82) is 0 Å². The second-order valence-corrected chi connectivity index (χ2v) is 8.77. The largest absolute Gasteiger partial charge is 0.482 e. The SMILES string of the molecule is CC(C)(C)OC(=O)COc1ccc2c(C(N)=O)cn(Cc3ccc4ccccc4c3)c2c1. The number of rotatable bonds is 6. The Hall–Kier alpha value is -3.80. The van der Waals surface area contributed by atoms with Crippen molar-refractivity contribution in [2.45, 2.75) is 32.9 Å². The summed E-state index contributed by atoms with van der Waals surface area (Å²) in [5, 5.41) is 3.06. The van der Waals surface area contributed by atoms with Crippen LogP contribution in [0.4, 0.5) is 0 Å². The van der Waals surface area contributed by atoms with Crippen molar-refractivity contribution < 1.29 is 19.1 Å². The summed E-state index contributed by atoms with van der Waals surface area (Å²) in [6, 6.07) is 19.8. The molecular weight excluding hydrogens is 404 g/mol. The van der Waals surface area contributed by atoms with Crippen LogP contribution in [0.2, 0.25) is 0 Å². The van der Waals surface area contributed by atoms with Crippen molar-refractivity contribution in [3.63, 3.8) is 0 Å². The van der Waals surface area contributed by atoms with Gasteiger partial charge in [-0.05, 0) is 55.3 Å². The van der Waals surface area contributed by atoms with E-state index in [1.807, 2.05) is 43.5 Å². The summed E-state index contributed by atoms with van der Waals surface area (Å²) < 4.78 is 12.9. The van der Waals surface area contributed by atoms with E-state index in [0.717, 1.165) is 21.9 Å². The second-order valence-electron chi connectivity index (χ2n) is 8.77. The summed E-state index contributed by atoms with van der Waals surface area (Å²) in [6.45, 7) is 5.78. The third kappa shape index (κ3) is 4.75. The van der Waals surface area contributed by atoms with Crippen LogP contribution in [-0.2, 0) is 16.1 Å². The topological polar surface area (TPSA) is 83.6 Å². The number of amides is 1. The fourth-order valence-electron chi connectivity index (χ4n) is 3.74. The van der Waals surface area contributed by atoms with E-state index in [4.69, 9.17) is 15.2 Å². The van der Waals surface area contributed by atoms with Gasteiger partial charge in [0, 0.05) is 24.2 Å². The number of ether oxygens (including phenoxy) is 2. The molecule has 0 radical (unpaired) electrons. The quantitative estimate of drug-likeness (QED) is 0.451. The Labute approximate surface area is 186 Å². The van der Waals surface area contributed by atoms with Crippen molar-refractivity contribution >= 4 is 33.6 Å². The van der Waals surface area contributed by atoms with Crippen LogP contribution in [0.3, 0.4) is 0 Å².